The number of aromatic nitrogens is 2. The highest BCUT2D eigenvalue weighted by Crippen LogP contribution is 2.33. The monoisotopic (exact) mass is 239 g/mol. The van der Waals surface area contributed by atoms with Crippen LogP contribution in [0.25, 0.3) is 10.8 Å². The SMILES string of the molecule is COc1ccsc1-c1nc(CCCN)no1. The zero-order valence-corrected chi connectivity index (χ0v) is 9.79. The van der Waals surface area contributed by atoms with Gasteiger partial charge >= 0.3 is 0 Å². The molecule has 0 unspecified atom stereocenters. The maximum atomic E-state index is 5.42. The third-order valence-electron chi connectivity index (χ3n) is 2.12. The van der Waals surface area contributed by atoms with E-state index in [-0.39, 0.29) is 0 Å². The minimum atomic E-state index is 0.513. The molecule has 0 fully saturated rings. The van der Waals surface area contributed by atoms with Crippen molar-refractivity contribution < 1.29 is 9.26 Å². The molecular formula is C10H13N3O2S. The van der Waals surface area contributed by atoms with Crippen molar-refractivity contribution in [1.82, 2.24) is 10.1 Å². The van der Waals surface area contributed by atoms with Crippen molar-refractivity contribution >= 4 is 11.3 Å². The average molecular weight is 239 g/mol. The van der Waals surface area contributed by atoms with E-state index in [0.29, 0.717) is 18.3 Å². The molecule has 0 amide bonds. The summed E-state index contributed by atoms with van der Waals surface area (Å²) < 4.78 is 10.4. The predicted molar refractivity (Wildman–Crippen MR) is 61.5 cm³/mol. The Kier molecular flexibility index (Phi) is 3.53. The molecule has 0 radical (unpaired) electrons. The summed E-state index contributed by atoms with van der Waals surface area (Å²) >= 11 is 1.52. The number of ether oxygens (including phenoxy) is 1. The van der Waals surface area contributed by atoms with E-state index in [9.17, 15) is 0 Å². The topological polar surface area (TPSA) is 74.2 Å². The standard InChI is InChI=1S/C10H13N3O2S/c1-14-7-4-6-16-9(7)10-12-8(13-15-10)3-2-5-11/h4,6H,2-3,5,11H2,1H3. The average Bonchev–Trinajstić information content (AvgIpc) is 2.94. The third kappa shape index (κ3) is 2.23. The van der Waals surface area contributed by atoms with Gasteiger partial charge in [-0.2, -0.15) is 4.98 Å². The van der Waals surface area contributed by atoms with E-state index in [1.807, 2.05) is 11.4 Å². The lowest BCUT2D eigenvalue weighted by Gasteiger charge is -1.95. The van der Waals surface area contributed by atoms with Crippen LogP contribution in [0.1, 0.15) is 12.2 Å². The first-order valence-corrected chi connectivity index (χ1v) is 5.87. The molecule has 0 aliphatic rings. The molecule has 0 atom stereocenters. The van der Waals surface area contributed by atoms with Crippen molar-refractivity contribution in [3.63, 3.8) is 0 Å². The lowest BCUT2D eigenvalue weighted by Crippen LogP contribution is -2.01. The van der Waals surface area contributed by atoms with E-state index in [4.69, 9.17) is 15.0 Å². The molecule has 2 aromatic rings. The number of nitrogens with two attached hydrogens (primary N) is 1. The van der Waals surface area contributed by atoms with Gasteiger partial charge in [-0.25, -0.2) is 0 Å². The fourth-order valence-electron chi connectivity index (χ4n) is 1.32. The second-order valence-corrected chi connectivity index (χ2v) is 4.14. The molecule has 16 heavy (non-hydrogen) atoms. The summed E-state index contributed by atoms with van der Waals surface area (Å²) in [5, 5.41) is 5.82. The lowest BCUT2D eigenvalue weighted by molar-refractivity contribution is 0.405. The largest absolute Gasteiger partial charge is 0.495 e. The Bertz CT molecular complexity index is 452. The Morgan fingerprint density at radius 3 is 3.19 bits per heavy atom. The molecule has 2 heterocycles. The van der Waals surface area contributed by atoms with E-state index in [1.165, 1.54) is 11.3 Å². The Morgan fingerprint density at radius 1 is 1.56 bits per heavy atom. The molecule has 0 saturated heterocycles. The third-order valence-corrected chi connectivity index (χ3v) is 3.00. The van der Waals surface area contributed by atoms with Gasteiger partial charge in [-0.15, -0.1) is 11.3 Å². The summed E-state index contributed by atoms with van der Waals surface area (Å²) in [5.41, 5.74) is 5.42. The molecule has 2 rings (SSSR count). The van der Waals surface area contributed by atoms with Crippen molar-refractivity contribution in [1.29, 1.82) is 0 Å². The van der Waals surface area contributed by atoms with Crippen LogP contribution in [0.3, 0.4) is 0 Å². The van der Waals surface area contributed by atoms with Crippen molar-refractivity contribution in [2.24, 2.45) is 5.73 Å². The van der Waals surface area contributed by atoms with Gasteiger partial charge in [-0.1, -0.05) is 5.16 Å². The molecule has 2 N–H and O–H groups in total. The molecule has 0 saturated carbocycles. The summed E-state index contributed by atoms with van der Waals surface area (Å²) in [5.74, 6) is 1.97. The van der Waals surface area contributed by atoms with Crippen molar-refractivity contribution in [3.05, 3.63) is 17.3 Å². The van der Waals surface area contributed by atoms with Gasteiger partial charge in [0.05, 0.1) is 7.11 Å². The Morgan fingerprint density at radius 2 is 2.44 bits per heavy atom. The van der Waals surface area contributed by atoms with E-state index >= 15 is 0 Å². The normalized spacial score (nSPS) is 10.6. The van der Waals surface area contributed by atoms with Crippen LogP contribution in [0.5, 0.6) is 5.75 Å². The van der Waals surface area contributed by atoms with Crippen LogP contribution < -0.4 is 10.5 Å². The number of aryl methyl sites for hydroxylation is 1. The van der Waals surface area contributed by atoms with E-state index < -0.39 is 0 Å². The molecule has 2 aromatic heterocycles. The van der Waals surface area contributed by atoms with E-state index in [1.54, 1.807) is 7.11 Å². The van der Waals surface area contributed by atoms with E-state index in [0.717, 1.165) is 23.5 Å². The van der Waals surface area contributed by atoms with Crippen LogP contribution in [0, 0.1) is 0 Å². The second kappa shape index (κ2) is 5.09. The van der Waals surface area contributed by atoms with Gasteiger partial charge in [-0.05, 0) is 24.4 Å². The van der Waals surface area contributed by atoms with Gasteiger partial charge in [0.1, 0.15) is 10.6 Å². The van der Waals surface area contributed by atoms with Crippen LogP contribution in [-0.2, 0) is 6.42 Å². The summed E-state index contributed by atoms with van der Waals surface area (Å²) in [6.45, 7) is 0.631. The zero-order valence-electron chi connectivity index (χ0n) is 8.97. The highest BCUT2D eigenvalue weighted by atomic mass is 32.1. The summed E-state index contributed by atoms with van der Waals surface area (Å²) in [4.78, 5) is 5.17. The van der Waals surface area contributed by atoms with Crippen LogP contribution in [0.15, 0.2) is 16.0 Å². The van der Waals surface area contributed by atoms with Crippen LogP contribution >= 0.6 is 11.3 Å². The molecule has 5 nitrogen and oxygen atoms in total. The molecule has 0 aromatic carbocycles. The molecule has 86 valence electrons. The highest BCUT2D eigenvalue weighted by Gasteiger charge is 2.14. The van der Waals surface area contributed by atoms with Gasteiger partial charge in [0.25, 0.3) is 5.89 Å². The first-order valence-electron chi connectivity index (χ1n) is 4.99. The smallest absolute Gasteiger partial charge is 0.271 e. The number of methoxy groups -OCH3 is 1. The van der Waals surface area contributed by atoms with Gasteiger partial charge < -0.3 is 15.0 Å². The maximum absolute atomic E-state index is 5.42. The molecular weight excluding hydrogens is 226 g/mol. The highest BCUT2D eigenvalue weighted by molar-refractivity contribution is 7.13. The minimum Gasteiger partial charge on any atom is -0.495 e. The number of nitrogens with zero attached hydrogens (tertiary/aromatic N) is 2. The maximum Gasteiger partial charge on any atom is 0.271 e. The van der Waals surface area contributed by atoms with Crippen LogP contribution in [0.2, 0.25) is 0 Å². The summed E-state index contributed by atoms with van der Waals surface area (Å²) in [6, 6.07) is 1.88. The second-order valence-electron chi connectivity index (χ2n) is 3.23. The van der Waals surface area contributed by atoms with E-state index in [2.05, 4.69) is 10.1 Å². The minimum absolute atomic E-state index is 0.513. The first-order chi connectivity index (χ1) is 7.85. The van der Waals surface area contributed by atoms with Crippen LogP contribution in [-0.4, -0.2) is 23.8 Å². The molecule has 0 aliphatic carbocycles. The molecule has 0 aliphatic heterocycles. The molecule has 0 spiro atoms. The number of thiophene rings is 1. The van der Waals surface area contributed by atoms with Gasteiger partial charge in [-0.3, -0.25) is 0 Å². The zero-order chi connectivity index (χ0) is 11.4. The first kappa shape index (κ1) is 11.1. The lowest BCUT2D eigenvalue weighted by atomic mass is 10.3. The predicted octanol–water partition coefficient (Wildman–Crippen LogP) is 1.70. The van der Waals surface area contributed by atoms with Crippen molar-refractivity contribution in [3.8, 4) is 16.5 Å². The Hall–Kier alpha value is -1.40. The summed E-state index contributed by atoms with van der Waals surface area (Å²) in [6.07, 6.45) is 1.61. The van der Waals surface area contributed by atoms with Gasteiger partial charge in [0, 0.05) is 6.42 Å². The van der Waals surface area contributed by atoms with Crippen molar-refractivity contribution in [2.75, 3.05) is 13.7 Å². The molecule has 0 bridgehead atoms. The summed E-state index contributed by atoms with van der Waals surface area (Å²) in [7, 11) is 1.62. The Labute approximate surface area is 97.2 Å². The van der Waals surface area contributed by atoms with Gasteiger partial charge in [0.15, 0.2) is 5.82 Å². The number of rotatable bonds is 5. The number of hydrogen-bond donors (Lipinski definition) is 1. The Balaban J connectivity index is 2.18. The quantitative estimate of drug-likeness (QED) is 0.859. The van der Waals surface area contributed by atoms with Gasteiger partial charge in [0.2, 0.25) is 0 Å². The van der Waals surface area contributed by atoms with Crippen LogP contribution in [0.4, 0.5) is 0 Å². The number of hydrogen-bond acceptors (Lipinski definition) is 6. The molecule has 6 heteroatoms. The van der Waals surface area contributed by atoms with Crippen molar-refractivity contribution in [2.45, 2.75) is 12.8 Å². The fraction of sp³-hybridized carbons (Fsp3) is 0.400. The fourth-order valence-corrected chi connectivity index (χ4v) is 2.10.